The average Bonchev–Trinajstić information content (AvgIpc) is 2.62. The van der Waals surface area contributed by atoms with Crippen molar-refractivity contribution in [1.29, 1.82) is 0 Å². The zero-order valence-corrected chi connectivity index (χ0v) is 13.7. The molecule has 1 aliphatic heterocycles. The van der Waals surface area contributed by atoms with E-state index < -0.39 is 0 Å². The predicted octanol–water partition coefficient (Wildman–Crippen LogP) is 5.18. The molecule has 1 heterocycles. The van der Waals surface area contributed by atoms with Gasteiger partial charge < -0.3 is 14.2 Å². The molecule has 0 fully saturated rings. The lowest BCUT2D eigenvalue weighted by atomic mass is 9.68. The molecule has 124 valence electrons. The second-order valence-electron chi connectivity index (χ2n) is 5.75. The fourth-order valence-corrected chi connectivity index (χ4v) is 3.46. The zero-order valence-electron chi connectivity index (χ0n) is 13.7. The Morgan fingerprint density at radius 2 is 1.25 bits per heavy atom. The maximum absolute atomic E-state index is 6.12. The van der Waals surface area contributed by atoms with E-state index in [1.165, 1.54) is 23.7 Å². The van der Waals surface area contributed by atoms with Crippen LogP contribution < -0.4 is 4.74 Å². The summed E-state index contributed by atoms with van der Waals surface area (Å²) >= 11 is 0. The Morgan fingerprint density at radius 1 is 0.792 bits per heavy atom. The van der Waals surface area contributed by atoms with Crippen LogP contribution in [0.15, 0.2) is 74.2 Å². The Balaban J connectivity index is 2.09. The van der Waals surface area contributed by atoms with E-state index in [1.807, 2.05) is 36.4 Å². The van der Waals surface area contributed by atoms with Gasteiger partial charge in [-0.2, -0.15) is 0 Å². The monoisotopic (exact) mass is 322 g/mol. The van der Waals surface area contributed by atoms with E-state index in [0.717, 1.165) is 24.3 Å². The SMILES string of the molecule is C=COCCC1(CCOC=C)c2ccccc2Oc2ccccc21. The molecule has 2 aromatic rings. The zero-order chi connectivity index (χ0) is 16.8. The van der Waals surface area contributed by atoms with Gasteiger partial charge in [-0.3, -0.25) is 0 Å². The van der Waals surface area contributed by atoms with Gasteiger partial charge in [-0.05, 0) is 25.0 Å². The fraction of sp³-hybridized carbons (Fsp3) is 0.238. The topological polar surface area (TPSA) is 27.7 Å². The van der Waals surface area contributed by atoms with Crippen LogP contribution in [0.5, 0.6) is 11.5 Å². The summed E-state index contributed by atoms with van der Waals surface area (Å²) in [7, 11) is 0. The highest BCUT2D eigenvalue weighted by molar-refractivity contribution is 5.57. The van der Waals surface area contributed by atoms with Crippen molar-refractivity contribution in [2.75, 3.05) is 13.2 Å². The first kappa shape index (κ1) is 16.2. The van der Waals surface area contributed by atoms with Gasteiger partial charge in [-0.25, -0.2) is 0 Å². The molecule has 0 aliphatic carbocycles. The summed E-state index contributed by atoms with van der Waals surface area (Å²) in [5.41, 5.74) is 2.12. The van der Waals surface area contributed by atoms with E-state index in [4.69, 9.17) is 14.2 Å². The van der Waals surface area contributed by atoms with Crippen molar-refractivity contribution in [1.82, 2.24) is 0 Å². The Bertz CT molecular complexity index is 659. The van der Waals surface area contributed by atoms with Gasteiger partial charge in [0.25, 0.3) is 0 Å². The number of ether oxygens (including phenoxy) is 3. The minimum Gasteiger partial charge on any atom is -0.502 e. The molecule has 0 amide bonds. The van der Waals surface area contributed by atoms with Crippen molar-refractivity contribution < 1.29 is 14.2 Å². The summed E-state index contributed by atoms with van der Waals surface area (Å²) < 4.78 is 17.0. The molecule has 3 heteroatoms. The molecule has 0 radical (unpaired) electrons. The van der Waals surface area contributed by atoms with E-state index in [9.17, 15) is 0 Å². The Hall–Kier alpha value is -2.68. The van der Waals surface area contributed by atoms with E-state index in [-0.39, 0.29) is 5.41 Å². The van der Waals surface area contributed by atoms with Crippen molar-refractivity contribution in [2.24, 2.45) is 0 Å². The number of para-hydroxylation sites is 2. The van der Waals surface area contributed by atoms with Crippen LogP contribution in [0.3, 0.4) is 0 Å². The third-order valence-electron chi connectivity index (χ3n) is 4.55. The van der Waals surface area contributed by atoms with Gasteiger partial charge in [-0.1, -0.05) is 49.6 Å². The smallest absolute Gasteiger partial charge is 0.131 e. The van der Waals surface area contributed by atoms with Crippen LogP contribution in [-0.2, 0) is 14.9 Å². The van der Waals surface area contributed by atoms with Crippen LogP contribution in [0, 0.1) is 0 Å². The number of hydrogen-bond donors (Lipinski definition) is 0. The summed E-state index contributed by atoms with van der Waals surface area (Å²) in [5, 5.41) is 0. The molecule has 0 spiro atoms. The van der Waals surface area contributed by atoms with Crippen molar-refractivity contribution in [2.45, 2.75) is 18.3 Å². The molecule has 3 nitrogen and oxygen atoms in total. The number of hydrogen-bond acceptors (Lipinski definition) is 3. The van der Waals surface area contributed by atoms with Crippen LogP contribution in [-0.4, -0.2) is 13.2 Å². The van der Waals surface area contributed by atoms with Crippen LogP contribution in [0.4, 0.5) is 0 Å². The lowest BCUT2D eigenvalue weighted by molar-refractivity contribution is 0.177. The van der Waals surface area contributed by atoms with Crippen LogP contribution in [0.1, 0.15) is 24.0 Å². The van der Waals surface area contributed by atoms with Crippen LogP contribution in [0.25, 0.3) is 0 Å². The van der Waals surface area contributed by atoms with Crippen LogP contribution >= 0.6 is 0 Å². The summed E-state index contributed by atoms with van der Waals surface area (Å²) in [6.45, 7) is 8.46. The Labute approximate surface area is 143 Å². The van der Waals surface area contributed by atoms with Gasteiger partial charge in [-0.15, -0.1) is 0 Å². The molecule has 1 aliphatic rings. The van der Waals surface area contributed by atoms with E-state index in [1.54, 1.807) is 0 Å². The number of benzene rings is 2. The highest BCUT2D eigenvalue weighted by Crippen LogP contribution is 2.51. The van der Waals surface area contributed by atoms with Crippen molar-refractivity contribution in [3.63, 3.8) is 0 Å². The third-order valence-corrected chi connectivity index (χ3v) is 4.55. The molecule has 0 saturated heterocycles. The molecular formula is C21H22O3. The normalized spacial score (nSPS) is 13.8. The Morgan fingerprint density at radius 3 is 1.71 bits per heavy atom. The summed E-state index contributed by atoms with van der Waals surface area (Å²) in [6.07, 6.45) is 4.62. The first-order valence-corrected chi connectivity index (χ1v) is 8.14. The average molecular weight is 322 g/mol. The molecule has 3 rings (SSSR count). The summed E-state index contributed by atoms with van der Waals surface area (Å²) in [6, 6.07) is 16.4. The second kappa shape index (κ2) is 7.26. The third kappa shape index (κ3) is 2.90. The lowest BCUT2D eigenvalue weighted by Crippen LogP contribution is -2.34. The molecule has 0 saturated carbocycles. The predicted molar refractivity (Wildman–Crippen MR) is 95.3 cm³/mol. The maximum atomic E-state index is 6.12. The molecular weight excluding hydrogens is 300 g/mol. The van der Waals surface area contributed by atoms with Gasteiger partial charge in [0, 0.05) is 16.5 Å². The second-order valence-corrected chi connectivity index (χ2v) is 5.75. The minimum absolute atomic E-state index is 0.225. The minimum atomic E-state index is -0.225. The van der Waals surface area contributed by atoms with Gasteiger partial charge in [0.15, 0.2) is 0 Å². The first-order chi connectivity index (χ1) is 11.8. The van der Waals surface area contributed by atoms with Gasteiger partial charge >= 0.3 is 0 Å². The molecule has 0 aromatic heterocycles. The van der Waals surface area contributed by atoms with E-state index in [0.29, 0.717) is 13.2 Å². The summed E-state index contributed by atoms with van der Waals surface area (Å²) in [4.78, 5) is 0. The molecule has 2 aromatic carbocycles. The van der Waals surface area contributed by atoms with Gasteiger partial charge in [0.05, 0.1) is 25.7 Å². The van der Waals surface area contributed by atoms with Gasteiger partial charge in [0.2, 0.25) is 0 Å². The fourth-order valence-electron chi connectivity index (χ4n) is 3.46. The molecule has 0 bridgehead atoms. The van der Waals surface area contributed by atoms with Gasteiger partial charge in [0.1, 0.15) is 11.5 Å². The quantitative estimate of drug-likeness (QED) is 0.495. The lowest BCUT2D eigenvalue weighted by Gasteiger charge is -2.40. The molecule has 0 atom stereocenters. The van der Waals surface area contributed by atoms with Crippen molar-refractivity contribution in [3.05, 3.63) is 85.3 Å². The number of fused-ring (bicyclic) bond motifs is 2. The van der Waals surface area contributed by atoms with E-state index in [2.05, 4.69) is 25.3 Å². The number of rotatable bonds is 8. The molecule has 0 unspecified atom stereocenters. The molecule has 0 N–H and O–H groups in total. The standard InChI is InChI=1S/C21H22O3/c1-3-22-15-13-21(14-16-23-4-2)17-9-5-7-11-19(17)24-20-12-8-6-10-18(20)21/h3-12H,1-2,13-16H2. The van der Waals surface area contributed by atoms with Crippen LogP contribution in [0.2, 0.25) is 0 Å². The highest BCUT2D eigenvalue weighted by atomic mass is 16.5. The highest BCUT2D eigenvalue weighted by Gasteiger charge is 2.41. The maximum Gasteiger partial charge on any atom is 0.131 e. The van der Waals surface area contributed by atoms with Crippen molar-refractivity contribution >= 4 is 0 Å². The largest absolute Gasteiger partial charge is 0.502 e. The van der Waals surface area contributed by atoms with E-state index >= 15 is 0 Å². The first-order valence-electron chi connectivity index (χ1n) is 8.14. The molecule has 24 heavy (non-hydrogen) atoms. The summed E-state index contributed by atoms with van der Waals surface area (Å²) in [5.74, 6) is 1.79. The van der Waals surface area contributed by atoms with Crippen molar-refractivity contribution in [3.8, 4) is 11.5 Å². The Kier molecular flexibility index (Phi) is 4.90.